The first kappa shape index (κ1) is 4.32. The quantitative estimate of drug-likeness (QED) is 0.471. The van der Waals surface area contributed by atoms with Crippen molar-refractivity contribution in [2.45, 2.75) is 18.9 Å². The SMILES string of the molecule is [2H]NC(=O)[C@@H]1CCCN1. The molecule has 0 aromatic heterocycles. The van der Waals surface area contributed by atoms with E-state index in [0.717, 1.165) is 19.4 Å². The van der Waals surface area contributed by atoms with E-state index in [2.05, 4.69) is 5.32 Å². The summed E-state index contributed by atoms with van der Waals surface area (Å²) in [6.45, 7) is 0.901. The molecule has 1 rings (SSSR count). The Morgan fingerprint density at radius 3 is 3.38 bits per heavy atom. The molecule has 8 heavy (non-hydrogen) atoms. The Balaban J connectivity index is 2.32. The molecule has 1 aliphatic rings. The van der Waals surface area contributed by atoms with Crippen LogP contribution in [-0.4, -0.2) is 18.5 Å². The third kappa shape index (κ3) is 0.980. The lowest BCUT2D eigenvalue weighted by atomic mass is 10.2. The zero-order valence-corrected chi connectivity index (χ0v) is 4.61. The van der Waals surface area contributed by atoms with E-state index in [9.17, 15) is 4.79 Å². The standard InChI is InChI=1S/C5H10N2O/c6-5(8)4-2-1-3-7-4/h4,7H,1-3H2,(H2,6,8)/t4-/m0/s1/i/hD. The molecule has 0 aromatic carbocycles. The monoisotopic (exact) mass is 115 g/mol. The van der Waals surface area contributed by atoms with Crippen LogP contribution in [0.4, 0.5) is 0 Å². The van der Waals surface area contributed by atoms with Gasteiger partial charge in [-0.2, -0.15) is 0 Å². The highest BCUT2D eigenvalue weighted by Gasteiger charge is 2.18. The fraction of sp³-hybridized carbons (Fsp3) is 0.800. The van der Waals surface area contributed by atoms with E-state index in [4.69, 9.17) is 1.41 Å². The van der Waals surface area contributed by atoms with Crippen molar-refractivity contribution in [3.63, 3.8) is 0 Å². The van der Waals surface area contributed by atoms with Crippen molar-refractivity contribution >= 4 is 5.91 Å². The lowest BCUT2D eigenvalue weighted by Crippen LogP contribution is -2.36. The molecule has 1 saturated heterocycles. The number of carbonyl (C=O) groups is 1. The van der Waals surface area contributed by atoms with Gasteiger partial charge in [0.25, 0.3) is 0 Å². The Morgan fingerprint density at radius 1 is 2.00 bits per heavy atom. The summed E-state index contributed by atoms with van der Waals surface area (Å²) in [5.74, 6) is -0.215. The van der Waals surface area contributed by atoms with Gasteiger partial charge in [-0.15, -0.1) is 0 Å². The molecule has 1 atom stereocenters. The minimum absolute atomic E-state index is 0.109. The average molecular weight is 115 g/mol. The van der Waals surface area contributed by atoms with E-state index in [1.54, 1.807) is 0 Å². The number of rotatable bonds is 1. The Bertz CT molecular complexity index is 112. The number of carbonyl (C=O) groups excluding carboxylic acids is 1. The molecule has 1 aliphatic heterocycles. The van der Waals surface area contributed by atoms with Crippen molar-refractivity contribution < 1.29 is 6.21 Å². The summed E-state index contributed by atoms with van der Waals surface area (Å²) >= 11 is 0. The summed E-state index contributed by atoms with van der Waals surface area (Å²) in [6, 6.07) is -0.109. The number of primary amides is 1. The van der Waals surface area contributed by atoms with Crippen LogP contribution in [0, 0.1) is 0 Å². The third-order valence-corrected chi connectivity index (χ3v) is 1.38. The number of nitrogens with two attached hydrogens (primary N) is 1. The summed E-state index contributed by atoms with van der Waals surface area (Å²) in [6.07, 6.45) is 1.91. The van der Waals surface area contributed by atoms with Crippen molar-refractivity contribution in [1.82, 2.24) is 5.32 Å². The van der Waals surface area contributed by atoms with Crippen LogP contribution >= 0.6 is 0 Å². The zero-order chi connectivity index (χ0) is 6.69. The van der Waals surface area contributed by atoms with Crippen LogP contribution in [0.3, 0.4) is 0 Å². The molecule has 0 saturated carbocycles. The third-order valence-electron chi connectivity index (χ3n) is 1.38. The smallest absolute Gasteiger partial charge is 0.234 e. The molecule has 0 bridgehead atoms. The first-order valence-corrected chi connectivity index (χ1v) is 2.79. The number of hydrogen-bond acceptors (Lipinski definition) is 2. The Kier molecular flexibility index (Phi) is 1.15. The maximum Gasteiger partial charge on any atom is 0.234 e. The predicted octanol–water partition coefficient (Wildman–Crippen LogP) is -0.776. The van der Waals surface area contributed by atoms with Gasteiger partial charge in [-0.25, -0.2) is 0 Å². The van der Waals surface area contributed by atoms with E-state index in [0.29, 0.717) is 0 Å². The number of nitrogens with one attached hydrogen (secondary N) is 1. The van der Waals surface area contributed by atoms with Gasteiger partial charge in [0.05, 0.1) is 6.04 Å². The van der Waals surface area contributed by atoms with E-state index >= 15 is 0 Å². The van der Waals surface area contributed by atoms with Gasteiger partial charge in [0.15, 0.2) is 1.41 Å². The van der Waals surface area contributed by atoms with Crippen LogP contribution in [-0.2, 0) is 4.79 Å². The molecule has 0 unspecified atom stereocenters. The number of amides is 1. The largest absolute Gasteiger partial charge is 0.368 e. The lowest BCUT2D eigenvalue weighted by Gasteiger charge is -2.01. The predicted molar refractivity (Wildman–Crippen MR) is 30.2 cm³/mol. The Morgan fingerprint density at radius 2 is 2.88 bits per heavy atom. The van der Waals surface area contributed by atoms with Crippen molar-refractivity contribution in [3.05, 3.63) is 0 Å². The molecule has 1 heterocycles. The molecule has 0 aromatic rings. The van der Waals surface area contributed by atoms with Gasteiger partial charge in [0.1, 0.15) is 0 Å². The van der Waals surface area contributed by atoms with Crippen LogP contribution < -0.4 is 11.0 Å². The first-order chi connectivity index (χ1) is 4.34. The molecule has 3 heteroatoms. The second-order valence-corrected chi connectivity index (χ2v) is 2.01. The molecule has 1 amide bonds. The van der Waals surface area contributed by atoms with Gasteiger partial charge in [-0.3, -0.25) is 4.79 Å². The Labute approximate surface area is 49.7 Å². The van der Waals surface area contributed by atoms with Crippen molar-refractivity contribution in [2.24, 2.45) is 5.73 Å². The summed E-state index contributed by atoms with van der Waals surface area (Å²) in [7, 11) is 0. The molecule has 46 valence electrons. The molecular weight excluding hydrogens is 104 g/mol. The van der Waals surface area contributed by atoms with Gasteiger partial charge in [0, 0.05) is 0 Å². The topological polar surface area (TPSA) is 55.1 Å². The van der Waals surface area contributed by atoms with Gasteiger partial charge >= 0.3 is 0 Å². The fourth-order valence-electron chi connectivity index (χ4n) is 0.908. The molecule has 0 aliphatic carbocycles. The minimum atomic E-state index is -0.215. The summed E-state index contributed by atoms with van der Waals surface area (Å²) in [5.41, 5.74) is 1.86. The van der Waals surface area contributed by atoms with Crippen LogP contribution in [0.25, 0.3) is 0 Å². The van der Waals surface area contributed by atoms with Gasteiger partial charge in [0.2, 0.25) is 5.91 Å². The van der Waals surface area contributed by atoms with E-state index in [-0.39, 0.29) is 11.9 Å². The van der Waals surface area contributed by atoms with Crippen LogP contribution in [0.5, 0.6) is 0 Å². The summed E-state index contributed by atoms with van der Waals surface area (Å²) < 4.78 is 6.53. The van der Waals surface area contributed by atoms with E-state index in [1.165, 1.54) is 0 Å². The van der Waals surface area contributed by atoms with Gasteiger partial charge in [-0.05, 0) is 19.4 Å². The second-order valence-electron chi connectivity index (χ2n) is 2.01. The van der Waals surface area contributed by atoms with E-state index < -0.39 is 0 Å². The van der Waals surface area contributed by atoms with Crippen molar-refractivity contribution in [3.8, 4) is 0 Å². The summed E-state index contributed by atoms with van der Waals surface area (Å²) in [4.78, 5) is 10.7. The molecule has 0 spiro atoms. The molecule has 3 N–H and O–H groups in total. The van der Waals surface area contributed by atoms with Crippen molar-refractivity contribution in [1.29, 1.82) is 0 Å². The molecule has 0 radical (unpaired) electrons. The van der Waals surface area contributed by atoms with Crippen LogP contribution in [0.1, 0.15) is 12.8 Å². The zero-order valence-electron chi connectivity index (χ0n) is 5.61. The van der Waals surface area contributed by atoms with Crippen LogP contribution in [0.2, 0.25) is 1.41 Å². The average Bonchev–Trinajstić information content (AvgIpc) is 2.37. The normalized spacial score (nSPS) is 29.5. The Hall–Kier alpha value is -0.570. The van der Waals surface area contributed by atoms with Gasteiger partial charge < -0.3 is 11.0 Å². The fourth-order valence-corrected chi connectivity index (χ4v) is 0.908. The number of hydrogen-bond donors (Lipinski definition) is 2. The first-order valence-electron chi connectivity index (χ1n) is 3.29. The molecule has 3 nitrogen and oxygen atoms in total. The maximum atomic E-state index is 10.7. The highest BCUT2D eigenvalue weighted by atomic mass is 16.1. The maximum absolute atomic E-state index is 10.7. The molecular formula is C5H10N2O. The molecule has 1 fully saturated rings. The van der Waals surface area contributed by atoms with Crippen molar-refractivity contribution in [2.75, 3.05) is 6.54 Å². The highest BCUT2D eigenvalue weighted by Crippen LogP contribution is 2.02. The second kappa shape index (κ2) is 2.13. The lowest BCUT2D eigenvalue weighted by molar-refractivity contribution is -0.119. The highest BCUT2D eigenvalue weighted by molar-refractivity contribution is 5.80. The van der Waals surface area contributed by atoms with E-state index in [1.807, 2.05) is 5.73 Å². The van der Waals surface area contributed by atoms with Crippen LogP contribution in [0.15, 0.2) is 0 Å². The summed E-state index contributed by atoms with van der Waals surface area (Å²) in [5, 5.41) is 2.98. The minimum Gasteiger partial charge on any atom is -0.368 e. The van der Waals surface area contributed by atoms with Gasteiger partial charge in [-0.1, -0.05) is 0 Å².